The van der Waals surface area contributed by atoms with E-state index >= 15 is 0 Å². The van der Waals surface area contributed by atoms with Crippen LogP contribution in [-0.4, -0.2) is 50.1 Å². The fourth-order valence-electron chi connectivity index (χ4n) is 3.68. The van der Waals surface area contributed by atoms with Gasteiger partial charge in [-0.25, -0.2) is 0 Å². The first-order valence-corrected chi connectivity index (χ1v) is 11.8. The number of amides is 2. The van der Waals surface area contributed by atoms with Gasteiger partial charge in [-0.2, -0.15) is 0 Å². The molecule has 3 aromatic carbocycles. The second-order valence-electron chi connectivity index (χ2n) is 8.12. The Kier molecular flexibility index (Phi) is 9.69. The monoisotopic (exact) mass is 475 g/mol. The van der Waals surface area contributed by atoms with E-state index in [1.807, 2.05) is 56.3 Å². The maximum Gasteiger partial charge on any atom is 0.238 e. The van der Waals surface area contributed by atoms with Crippen molar-refractivity contribution in [3.63, 3.8) is 0 Å². The van der Waals surface area contributed by atoms with Gasteiger partial charge < -0.3 is 20.1 Å². The molecule has 3 rings (SSSR count). The van der Waals surface area contributed by atoms with Gasteiger partial charge in [-0.1, -0.05) is 48.5 Å². The van der Waals surface area contributed by atoms with E-state index in [4.69, 9.17) is 9.47 Å². The van der Waals surface area contributed by atoms with Crippen molar-refractivity contribution in [2.45, 2.75) is 20.3 Å². The lowest BCUT2D eigenvalue weighted by Crippen LogP contribution is -2.36. The third-order valence-electron chi connectivity index (χ3n) is 5.18. The number of hydrogen-bond donors (Lipinski definition) is 2. The van der Waals surface area contributed by atoms with E-state index in [0.717, 1.165) is 17.7 Å². The van der Waals surface area contributed by atoms with E-state index in [2.05, 4.69) is 22.8 Å². The molecular weight excluding hydrogens is 442 g/mol. The van der Waals surface area contributed by atoms with Crippen LogP contribution < -0.4 is 20.1 Å². The number of nitrogens with zero attached hydrogens (tertiary/aromatic N) is 1. The molecule has 0 fully saturated rings. The van der Waals surface area contributed by atoms with Crippen LogP contribution in [0.1, 0.15) is 25.0 Å². The number of likely N-dealkylation sites (N-methyl/N-ethyl adjacent to an activating group) is 1. The van der Waals surface area contributed by atoms with Crippen molar-refractivity contribution in [1.82, 2.24) is 4.90 Å². The lowest BCUT2D eigenvalue weighted by molar-refractivity contribution is -0.119. The standard InChI is InChI=1S/C28H33N3O4/c1-4-34-25-16-15-23(18-26(25)35-5-2)29-27(32)19-31(3)20-28(33)30-24-14-10-9-13-22(24)17-21-11-7-6-8-12-21/h6-16,18H,4-5,17,19-20H2,1-3H3,(H,29,32)(H,30,33). The quantitative estimate of drug-likeness (QED) is 0.401. The number of hydrogen-bond acceptors (Lipinski definition) is 5. The SMILES string of the molecule is CCOc1ccc(NC(=O)CN(C)CC(=O)Nc2ccccc2Cc2ccccc2)cc1OCC. The number of carbonyl (C=O) groups excluding carboxylic acids is 2. The lowest BCUT2D eigenvalue weighted by Gasteiger charge is -2.18. The van der Waals surface area contributed by atoms with Crippen LogP contribution >= 0.6 is 0 Å². The van der Waals surface area contributed by atoms with E-state index in [-0.39, 0.29) is 24.9 Å². The van der Waals surface area contributed by atoms with Crippen molar-refractivity contribution in [1.29, 1.82) is 0 Å². The molecule has 0 aliphatic rings. The van der Waals surface area contributed by atoms with Crippen LogP contribution in [0, 0.1) is 0 Å². The summed E-state index contributed by atoms with van der Waals surface area (Å²) in [5.41, 5.74) is 3.59. The summed E-state index contributed by atoms with van der Waals surface area (Å²) < 4.78 is 11.2. The third-order valence-corrected chi connectivity index (χ3v) is 5.18. The zero-order valence-corrected chi connectivity index (χ0v) is 20.5. The summed E-state index contributed by atoms with van der Waals surface area (Å²) >= 11 is 0. The van der Waals surface area contributed by atoms with E-state index in [0.29, 0.717) is 30.4 Å². The van der Waals surface area contributed by atoms with Crippen molar-refractivity contribution in [2.24, 2.45) is 0 Å². The van der Waals surface area contributed by atoms with Crippen molar-refractivity contribution in [3.05, 3.63) is 83.9 Å². The molecule has 0 bridgehead atoms. The number of ether oxygens (including phenoxy) is 2. The molecular formula is C28H33N3O4. The summed E-state index contributed by atoms with van der Waals surface area (Å²) in [5.74, 6) is 0.805. The van der Waals surface area contributed by atoms with Crippen LogP contribution in [-0.2, 0) is 16.0 Å². The number of anilines is 2. The average molecular weight is 476 g/mol. The molecule has 7 heteroatoms. The zero-order chi connectivity index (χ0) is 25.0. The topological polar surface area (TPSA) is 79.9 Å². The molecule has 2 N–H and O–H groups in total. The number of para-hydroxylation sites is 1. The summed E-state index contributed by atoms with van der Waals surface area (Å²) in [4.78, 5) is 26.9. The summed E-state index contributed by atoms with van der Waals surface area (Å²) in [6.45, 7) is 4.95. The highest BCUT2D eigenvalue weighted by atomic mass is 16.5. The van der Waals surface area contributed by atoms with Gasteiger partial charge in [-0.3, -0.25) is 14.5 Å². The van der Waals surface area contributed by atoms with Gasteiger partial charge in [0.1, 0.15) is 0 Å². The smallest absolute Gasteiger partial charge is 0.238 e. The largest absolute Gasteiger partial charge is 0.490 e. The van der Waals surface area contributed by atoms with Gasteiger partial charge in [0.05, 0.1) is 26.3 Å². The Balaban J connectivity index is 1.53. The van der Waals surface area contributed by atoms with E-state index < -0.39 is 0 Å². The highest BCUT2D eigenvalue weighted by Gasteiger charge is 2.14. The fraction of sp³-hybridized carbons (Fsp3) is 0.286. The predicted molar refractivity (Wildman–Crippen MR) is 139 cm³/mol. The second-order valence-corrected chi connectivity index (χ2v) is 8.12. The Morgan fingerprint density at radius 2 is 1.40 bits per heavy atom. The Morgan fingerprint density at radius 1 is 0.771 bits per heavy atom. The Labute approximate surface area is 207 Å². The van der Waals surface area contributed by atoms with Gasteiger partial charge in [0.2, 0.25) is 11.8 Å². The minimum atomic E-state index is -0.226. The summed E-state index contributed by atoms with van der Waals surface area (Å²) in [7, 11) is 1.73. The van der Waals surface area contributed by atoms with Crippen LogP contribution in [0.25, 0.3) is 0 Å². The molecule has 0 saturated heterocycles. The molecule has 0 aromatic heterocycles. The predicted octanol–water partition coefficient (Wildman–Crippen LogP) is 4.58. The molecule has 0 aliphatic heterocycles. The molecule has 0 radical (unpaired) electrons. The summed E-state index contributed by atoms with van der Waals surface area (Å²) in [5, 5.41) is 5.83. The number of rotatable bonds is 12. The number of benzene rings is 3. The first kappa shape index (κ1) is 25.8. The first-order chi connectivity index (χ1) is 17.0. The van der Waals surface area contributed by atoms with E-state index in [1.165, 1.54) is 5.56 Å². The normalized spacial score (nSPS) is 10.6. The molecule has 0 aliphatic carbocycles. The van der Waals surface area contributed by atoms with Crippen molar-refractivity contribution < 1.29 is 19.1 Å². The molecule has 184 valence electrons. The fourth-order valence-corrected chi connectivity index (χ4v) is 3.68. The maximum atomic E-state index is 12.7. The minimum Gasteiger partial charge on any atom is -0.490 e. The number of carbonyl (C=O) groups is 2. The molecule has 0 heterocycles. The van der Waals surface area contributed by atoms with E-state index in [9.17, 15) is 9.59 Å². The van der Waals surface area contributed by atoms with Gasteiger partial charge in [0.15, 0.2) is 11.5 Å². The van der Waals surface area contributed by atoms with Crippen LogP contribution in [0.2, 0.25) is 0 Å². The van der Waals surface area contributed by atoms with Crippen LogP contribution in [0.5, 0.6) is 11.5 Å². The lowest BCUT2D eigenvalue weighted by atomic mass is 10.0. The molecule has 0 spiro atoms. The molecule has 7 nitrogen and oxygen atoms in total. The van der Waals surface area contributed by atoms with Crippen molar-refractivity contribution >= 4 is 23.2 Å². The average Bonchev–Trinajstić information content (AvgIpc) is 2.82. The van der Waals surface area contributed by atoms with Gasteiger partial charge in [-0.05, 0) is 56.6 Å². The van der Waals surface area contributed by atoms with Gasteiger partial charge in [0, 0.05) is 17.4 Å². The number of nitrogens with one attached hydrogen (secondary N) is 2. The summed E-state index contributed by atoms with van der Waals surface area (Å²) in [6.07, 6.45) is 0.724. The van der Waals surface area contributed by atoms with Gasteiger partial charge >= 0.3 is 0 Å². The van der Waals surface area contributed by atoms with Crippen molar-refractivity contribution in [2.75, 3.05) is 44.0 Å². The maximum absolute atomic E-state index is 12.7. The Bertz CT molecular complexity index is 1120. The third kappa shape index (κ3) is 8.15. The Hall–Kier alpha value is -3.84. The van der Waals surface area contributed by atoms with Crippen LogP contribution in [0.4, 0.5) is 11.4 Å². The van der Waals surface area contributed by atoms with Crippen LogP contribution in [0.3, 0.4) is 0 Å². The molecule has 3 aromatic rings. The Morgan fingerprint density at radius 3 is 2.11 bits per heavy atom. The highest BCUT2D eigenvalue weighted by molar-refractivity contribution is 5.95. The van der Waals surface area contributed by atoms with Gasteiger partial charge in [0.25, 0.3) is 0 Å². The highest BCUT2D eigenvalue weighted by Crippen LogP contribution is 2.30. The molecule has 35 heavy (non-hydrogen) atoms. The minimum absolute atomic E-state index is 0.0657. The first-order valence-electron chi connectivity index (χ1n) is 11.8. The second kappa shape index (κ2) is 13.2. The molecule has 0 unspecified atom stereocenters. The van der Waals surface area contributed by atoms with Gasteiger partial charge in [-0.15, -0.1) is 0 Å². The zero-order valence-electron chi connectivity index (χ0n) is 20.5. The van der Waals surface area contributed by atoms with Crippen molar-refractivity contribution in [3.8, 4) is 11.5 Å². The summed E-state index contributed by atoms with van der Waals surface area (Å²) in [6, 6.07) is 23.1. The van der Waals surface area contributed by atoms with Crippen LogP contribution in [0.15, 0.2) is 72.8 Å². The molecule has 0 atom stereocenters. The molecule has 0 saturated carbocycles. The van der Waals surface area contributed by atoms with E-state index in [1.54, 1.807) is 30.1 Å². The molecule has 2 amide bonds.